The van der Waals surface area contributed by atoms with Crippen molar-refractivity contribution >= 4 is 0 Å². The minimum atomic E-state index is 0.0865. The summed E-state index contributed by atoms with van der Waals surface area (Å²) in [4.78, 5) is 4.43. The molecule has 0 aromatic rings. The molecule has 17 heavy (non-hydrogen) atoms. The van der Waals surface area contributed by atoms with Gasteiger partial charge in [0.2, 0.25) is 0 Å². The molecule has 0 amide bonds. The number of rotatable bonds is 8. The number of ether oxygens (including phenoxy) is 2. The van der Waals surface area contributed by atoms with Gasteiger partial charge in [0.15, 0.2) is 12.5 Å². The molecule has 0 aliphatic carbocycles. The molecule has 102 valence electrons. The molecule has 0 bridgehead atoms. The van der Waals surface area contributed by atoms with E-state index in [-0.39, 0.29) is 12.5 Å². The van der Waals surface area contributed by atoms with Gasteiger partial charge in [0.25, 0.3) is 0 Å². The van der Waals surface area contributed by atoms with Crippen molar-refractivity contribution in [2.45, 2.75) is 52.0 Å². The Morgan fingerprint density at radius 1 is 0.882 bits per heavy atom. The molecule has 2 unspecified atom stereocenters. The first-order valence-electron chi connectivity index (χ1n) is 6.84. The largest absolute Gasteiger partial charge is 0.359 e. The van der Waals surface area contributed by atoms with Crippen LogP contribution in [0.3, 0.4) is 0 Å². The van der Waals surface area contributed by atoms with Crippen LogP contribution in [0.5, 0.6) is 0 Å². The van der Waals surface area contributed by atoms with E-state index >= 15 is 0 Å². The second-order valence-corrected chi connectivity index (χ2v) is 4.89. The zero-order chi connectivity index (χ0) is 12.7. The monoisotopic (exact) mass is 244 g/mol. The Kier molecular flexibility index (Phi) is 7.04. The molecule has 1 aliphatic rings. The number of nitrogens with zero attached hydrogens (tertiary/aromatic N) is 2. The summed E-state index contributed by atoms with van der Waals surface area (Å²) in [5, 5.41) is 0. The zero-order valence-corrected chi connectivity index (χ0v) is 11.8. The van der Waals surface area contributed by atoms with E-state index in [0.717, 1.165) is 32.7 Å². The summed E-state index contributed by atoms with van der Waals surface area (Å²) < 4.78 is 11.9. The summed E-state index contributed by atoms with van der Waals surface area (Å²) in [6.07, 6.45) is 4.76. The molecule has 2 atom stereocenters. The van der Waals surface area contributed by atoms with Crippen LogP contribution in [0.15, 0.2) is 0 Å². The highest BCUT2D eigenvalue weighted by molar-refractivity contribution is 4.77. The second kappa shape index (κ2) is 8.03. The Balaban J connectivity index is 2.38. The molecular weight excluding hydrogens is 216 g/mol. The maximum atomic E-state index is 5.93. The molecule has 1 saturated heterocycles. The molecule has 0 aromatic heterocycles. The molecule has 0 radical (unpaired) electrons. The number of likely N-dealkylation sites (N-methyl/N-ethyl adjacent to an activating group) is 2. The van der Waals surface area contributed by atoms with E-state index in [1.54, 1.807) is 0 Å². The third-order valence-corrected chi connectivity index (χ3v) is 3.13. The summed E-state index contributed by atoms with van der Waals surface area (Å²) in [7, 11) is 4.19. The van der Waals surface area contributed by atoms with Gasteiger partial charge >= 0.3 is 0 Å². The van der Waals surface area contributed by atoms with Gasteiger partial charge in [-0.25, -0.2) is 0 Å². The average Bonchev–Trinajstić information content (AvgIpc) is 2.56. The molecule has 0 saturated carbocycles. The molecule has 1 aliphatic heterocycles. The Morgan fingerprint density at radius 3 is 1.65 bits per heavy atom. The molecule has 0 N–H and O–H groups in total. The first kappa shape index (κ1) is 14.9. The fraction of sp³-hybridized carbons (Fsp3) is 1.00. The molecule has 0 aromatic carbocycles. The Hall–Kier alpha value is -0.160. The van der Waals surface area contributed by atoms with Gasteiger partial charge in [-0.05, 0) is 26.9 Å². The maximum Gasteiger partial charge on any atom is 0.151 e. The van der Waals surface area contributed by atoms with Gasteiger partial charge in [-0.15, -0.1) is 0 Å². The van der Waals surface area contributed by atoms with Gasteiger partial charge in [-0.2, -0.15) is 0 Å². The first-order valence-corrected chi connectivity index (χ1v) is 6.84. The van der Waals surface area contributed by atoms with Gasteiger partial charge in [0, 0.05) is 13.2 Å². The highest BCUT2D eigenvalue weighted by Crippen LogP contribution is 2.20. The average molecular weight is 244 g/mol. The van der Waals surface area contributed by atoms with E-state index in [2.05, 4.69) is 37.7 Å². The summed E-state index contributed by atoms with van der Waals surface area (Å²) >= 11 is 0. The predicted molar refractivity (Wildman–Crippen MR) is 69.7 cm³/mol. The van der Waals surface area contributed by atoms with Gasteiger partial charge in [0.05, 0.1) is 6.67 Å². The van der Waals surface area contributed by atoms with Gasteiger partial charge < -0.3 is 9.47 Å². The first-order chi connectivity index (χ1) is 8.20. The third-order valence-electron chi connectivity index (χ3n) is 3.13. The Labute approximate surface area is 106 Å². The van der Waals surface area contributed by atoms with Crippen LogP contribution in [-0.2, 0) is 9.47 Å². The predicted octanol–water partition coefficient (Wildman–Crippen LogP) is 2.11. The summed E-state index contributed by atoms with van der Waals surface area (Å²) in [5.41, 5.74) is 0. The van der Waals surface area contributed by atoms with Gasteiger partial charge in [-0.3, -0.25) is 9.80 Å². The van der Waals surface area contributed by atoms with Crippen LogP contribution in [0.2, 0.25) is 0 Å². The van der Waals surface area contributed by atoms with Crippen LogP contribution < -0.4 is 0 Å². The lowest BCUT2D eigenvalue weighted by Gasteiger charge is -2.26. The maximum absolute atomic E-state index is 5.93. The Bertz CT molecular complexity index is 182. The molecule has 1 rings (SSSR count). The van der Waals surface area contributed by atoms with Crippen molar-refractivity contribution in [3.63, 3.8) is 0 Å². The Morgan fingerprint density at radius 2 is 1.29 bits per heavy atom. The fourth-order valence-electron chi connectivity index (χ4n) is 2.06. The lowest BCUT2D eigenvalue weighted by atomic mass is 10.3. The highest BCUT2D eigenvalue weighted by Gasteiger charge is 2.37. The summed E-state index contributed by atoms with van der Waals surface area (Å²) in [6, 6.07) is 0. The fourth-order valence-corrected chi connectivity index (χ4v) is 2.06. The van der Waals surface area contributed by atoms with Crippen LogP contribution in [0.1, 0.15) is 39.5 Å². The number of hydrogen-bond acceptors (Lipinski definition) is 4. The second-order valence-electron chi connectivity index (χ2n) is 4.89. The van der Waals surface area contributed by atoms with Gasteiger partial charge in [-0.1, -0.05) is 26.7 Å². The van der Waals surface area contributed by atoms with Crippen molar-refractivity contribution in [1.82, 2.24) is 9.80 Å². The molecule has 0 spiro atoms. The molecule has 1 fully saturated rings. The van der Waals surface area contributed by atoms with E-state index in [9.17, 15) is 0 Å². The molecular formula is C13H28N2O2. The SMILES string of the molecule is CCCCOC1C(OCCCC)N(C)CN1C. The normalized spacial score (nSPS) is 26.8. The summed E-state index contributed by atoms with van der Waals surface area (Å²) in [5.74, 6) is 0. The van der Waals surface area contributed by atoms with Crippen molar-refractivity contribution in [3.8, 4) is 0 Å². The zero-order valence-electron chi connectivity index (χ0n) is 11.8. The van der Waals surface area contributed by atoms with E-state index in [4.69, 9.17) is 9.47 Å². The molecule has 1 heterocycles. The van der Waals surface area contributed by atoms with Crippen LogP contribution in [-0.4, -0.2) is 56.2 Å². The molecule has 4 heteroatoms. The van der Waals surface area contributed by atoms with E-state index in [0.29, 0.717) is 0 Å². The van der Waals surface area contributed by atoms with Crippen molar-refractivity contribution in [3.05, 3.63) is 0 Å². The van der Waals surface area contributed by atoms with Gasteiger partial charge in [0.1, 0.15) is 0 Å². The van der Waals surface area contributed by atoms with Crippen LogP contribution in [0, 0.1) is 0 Å². The topological polar surface area (TPSA) is 24.9 Å². The number of unbranched alkanes of at least 4 members (excludes halogenated alkanes) is 2. The van der Waals surface area contributed by atoms with E-state index in [1.807, 2.05) is 0 Å². The van der Waals surface area contributed by atoms with Crippen molar-refractivity contribution in [2.75, 3.05) is 34.0 Å². The van der Waals surface area contributed by atoms with Crippen molar-refractivity contribution in [2.24, 2.45) is 0 Å². The van der Waals surface area contributed by atoms with Crippen LogP contribution in [0.4, 0.5) is 0 Å². The quantitative estimate of drug-likeness (QED) is 0.611. The highest BCUT2D eigenvalue weighted by atomic mass is 16.6. The van der Waals surface area contributed by atoms with E-state index in [1.165, 1.54) is 12.8 Å². The number of hydrogen-bond donors (Lipinski definition) is 0. The smallest absolute Gasteiger partial charge is 0.151 e. The molecule has 4 nitrogen and oxygen atoms in total. The van der Waals surface area contributed by atoms with Crippen molar-refractivity contribution in [1.29, 1.82) is 0 Å². The minimum Gasteiger partial charge on any atom is -0.359 e. The van der Waals surface area contributed by atoms with E-state index < -0.39 is 0 Å². The van der Waals surface area contributed by atoms with Crippen LogP contribution in [0.25, 0.3) is 0 Å². The lowest BCUT2D eigenvalue weighted by molar-refractivity contribution is -0.129. The third kappa shape index (κ3) is 4.54. The van der Waals surface area contributed by atoms with Crippen LogP contribution >= 0.6 is 0 Å². The standard InChI is InChI=1S/C13H28N2O2/c1-5-7-9-16-12-13(17-10-8-6-2)15(4)11-14(12)3/h12-13H,5-11H2,1-4H3. The van der Waals surface area contributed by atoms with Crippen molar-refractivity contribution < 1.29 is 9.47 Å². The minimum absolute atomic E-state index is 0.0865. The lowest BCUT2D eigenvalue weighted by Crippen LogP contribution is -2.39. The summed E-state index contributed by atoms with van der Waals surface area (Å²) in [6.45, 7) is 6.93.